The molecule has 1 unspecified atom stereocenters. The van der Waals surface area contributed by atoms with Crippen molar-refractivity contribution in [3.8, 4) is 5.75 Å². The number of benzene rings is 2. The van der Waals surface area contributed by atoms with Gasteiger partial charge in [0, 0.05) is 5.39 Å². The maximum Gasteiger partial charge on any atom is 0.137 e. The van der Waals surface area contributed by atoms with Crippen LogP contribution in [0.1, 0.15) is 6.92 Å². The topological polar surface area (TPSA) is 47.0 Å². The van der Waals surface area contributed by atoms with Gasteiger partial charge in [-0.25, -0.2) is 14.4 Å². The first-order valence-corrected chi connectivity index (χ1v) is 7.08. The highest BCUT2D eigenvalue weighted by atomic mass is 19.1. The van der Waals surface area contributed by atoms with E-state index in [9.17, 15) is 4.39 Å². The van der Waals surface area contributed by atoms with E-state index in [-0.39, 0.29) is 11.9 Å². The third-order valence-corrected chi connectivity index (χ3v) is 3.23. The molecule has 0 aliphatic rings. The van der Waals surface area contributed by atoms with Crippen LogP contribution in [-0.2, 0) is 0 Å². The number of anilines is 1. The van der Waals surface area contributed by atoms with Crippen LogP contribution >= 0.6 is 0 Å². The summed E-state index contributed by atoms with van der Waals surface area (Å²) in [5, 5.41) is 3.85. The first-order chi connectivity index (χ1) is 10.7. The Morgan fingerprint density at radius 2 is 1.95 bits per heavy atom. The summed E-state index contributed by atoms with van der Waals surface area (Å²) in [6.07, 6.45) is 1.41. The minimum Gasteiger partial charge on any atom is -0.489 e. The molecule has 0 aliphatic carbocycles. The van der Waals surface area contributed by atoms with Crippen molar-refractivity contribution in [2.45, 2.75) is 13.0 Å². The Kier molecular flexibility index (Phi) is 4.14. The van der Waals surface area contributed by atoms with Gasteiger partial charge in [-0.05, 0) is 37.3 Å². The van der Waals surface area contributed by atoms with E-state index >= 15 is 0 Å². The Bertz CT molecular complexity index is 764. The van der Waals surface area contributed by atoms with Gasteiger partial charge in [0.15, 0.2) is 0 Å². The molecule has 0 radical (unpaired) electrons. The normalized spacial score (nSPS) is 12.1. The van der Waals surface area contributed by atoms with Crippen molar-refractivity contribution >= 4 is 16.7 Å². The van der Waals surface area contributed by atoms with Crippen LogP contribution in [0.4, 0.5) is 10.2 Å². The summed E-state index contributed by atoms with van der Waals surface area (Å²) in [6, 6.07) is 14.1. The van der Waals surface area contributed by atoms with E-state index in [2.05, 4.69) is 15.3 Å². The highest BCUT2D eigenvalue weighted by molar-refractivity contribution is 5.88. The van der Waals surface area contributed by atoms with Crippen LogP contribution in [-0.4, -0.2) is 22.6 Å². The number of aromatic nitrogens is 2. The number of para-hydroxylation sites is 1. The maximum absolute atomic E-state index is 13.4. The van der Waals surface area contributed by atoms with Crippen molar-refractivity contribution in [1.29, 1.82) is 0 Å². The van der Waals surface area contributed by atoms with Crippen molar-refractivity contribution in [2.75, 3.05) is 11.9 Å². The van der Waals surface area contributed by atoms with Gasteiger partial charge < -0.3 is 10.1 Å². The number of nitrogens with zero attached hydrogens (tertiary/aromatic N) is 2. The molecule has 1 heterocycles. The molecule has 3 aromatic rings. The van der Waals surface area contributed by atoms with E-state index in [0.29, 0.717) is 23.3 Å². The second-order valence-electron chi connectivity index (χ2n) is 5.01. The number of ether oxygens (including phenoxy) is 1. The number of rotatable bonds is 5. The molecule has 1 N–H and O–H groups in total. The van der Waals surface area contributed by atoms with Crippen molar-refractivity contribution in [2.24, 2.45) is 0 Å². The molecule has 2 aromatic carbocycles. The Hall–Kier alpha value is -2.69. The average Bonchev–Trinajstić information content (AvgIpc) is 2.54. The summed E-state index contributed by atoms with van der Waals surface area (Å²) < 4.78 is 19.2. The van der Waals surface area contributed by atoms with Crippen molar-refractivity contribution < 1.29 is 9.13 Å². The van der Waals surface area contributed by atoms with Gasteiger partial charge in [-0.15, -0.1) is 0 Å². The molecule has 0 amide bonds. The summed E-state index contributed by atoms with van der Waals surface area (Å²) in [5.41, 5.74) is 0.704. The summed E-state index contributed by atoms with van der Waals surface area (Å²) in [4.78, 5) is 8.31. The van der Waals surface area contributed by atoms with Gasteiger partial charge in [-0.3, -0.25) is 0 Å². The summed E-state index contributed by atoms with van der Waals surface area (Å²) in [6.45, 7) is 2.52. The van der Waals surface area contributed by atoms with Crippen LogP contribution in [0.2, 0.25) is 0 Å². The Morgan fingerprint density at radius 1 is 1.14 bits per heavy atom. The van der Waals surface area contributed by atoms with Crippen molar-refractivity contribution in [3.05, 3.63) is 60.7 Å². The van der Waals surface area contributed by atoms with Crippen LogP contribution in [0.5, 0.6) is 5.75 Å². The zero-order chi connectivity index (χ0) is 15.4. The van der Waals surface area contributed by atoms with E-state index in [1.54, 1.807) is 6.07 Å². The lowest BCUT2D eigenvalue weighted by Crippen LogP contribution is -2.23. The van der Waals surface area contributed by atoms with Crippen molar-refractivity contribution in [3.63, 3.8) is 0 Å². The molecule has 0 fully saturated rings. The van der Waals surface area contributed by atoms with Gasteiger partial charge >= 0.3 is 0 Å². The molecule has 0 aliphatic heterocycles. The molecule has 0 bridgehead atoms. The quantitative estimate of drug-likeness (QED) is 0.781. The molecule has 0 saturated carbocycles. The first kappa shape index (κ1) is 14.3. The number of halogens is 1. The third kappa shape index (κ3) is 3.31. The van der Waals surface area contributed by atoms with E-state index in [4.69, 9.17) is 4.74 Å². The number of nitrogens with one attached hydrogen (secondary N) is 1. The fourth-order valence-corrected chi connectivity index (χ4v) is 2.18. The Balaban J connectivity index is 1.70. The lowest BCUT2D eigenvalue weighted by Gasteiger charge is -2.16. The molecule has 22 heavy (non-hydrogen) atoms. The van der Waals surface area contributed by atoms with Crippen LogP contribution in [0, 0.1) is 5.82 Å². The molecule has 112 valence electrons. The molecule has 3 rings (SSSR count). The predicted molar refractivity (Wildman–Crippen MR) is 84.5 cm³/mol. The maximum atomic E-state index is 13.4. The summed E-state index contributed by atoms with van der Waals surface area (Å²) in [5.74, 6) is 1.11. The lowest BCUT2D eigenvalue weighted by atomic mass is 10.2. The largest absolute Gasteiger partial charge is 0.489 e. The zero-order valence-electron chi connectivity index (χ0n) is 12.2. The monoisotopic (exact) mass is 297 g/mol. The van der Waals surface area contributed by atoms with E-state index in [0.717, 1.165) is 5.75 Å². The van der Waals surface area contributed by atoms with Gasteiger partial charge in [0.05, 0.1) is 12.1 Å². The SMILES string of the molecule is CC(CNc1ncnc2ccc(F)cc12)Oc1ccccc1. The third-order valence-electron chi connectivity index (χ3n) is 3.23. The molecule has 5 heteroatoms. The molecule has 0 saturated heterocycles. The standard InChI is InChI=1S/C17H16FN3O/c1-12(22-14-5-3-2-4-6-14)10-19-17-15-9-13(18)7-8-16(15)20-11-21-17/h2-9,11-12H,10H2,1H3,(H,19,20,21). The van der Waals surface area contributed by atoms with Gasteiger partial charge in [-0.1, -0.05) is 18.2 Å². The lowest BCUT2D eigenvalue weighted by molar-refractivity contribution is 0.234. The molecule has 1 atom stereocenters. The van der Waals surface area contributed by atoms with Gasteiger partial charge in [0.25, 0.3) is 0 Å². The molecular weight excluding hydrogens is 281 g/mol. The molecular formula is C17H16FN3O. The molecule has 1 aromatic heterocycles. The predicted octanol–water partition coefficient (Wildman–Crippen LogP) is 3.65. The second-order valence-corrected chi connectivity index (χ2v) is 5.01. The highest BCUT2D eigenvalue weighted by Crippen LogP contribution is 2.20. The van der Waals surface area contributed by atoms with Crippen LogP contribution in [0.25, 0.3) is 10.9 Å². The summed E-state index contributed by atoms with van der Waals surface area (Å²) in [7, 11) is 0. The Morgan fingerprint density at radius 3 is 2.77 bits per heavy atom. The zero-order valence-corrected chi connectivity index (χ0v) is 12.2. The number of hydrogen-bond donors (Lipinski definition) is 1. The smallest absolute Gasteiger partial charge is 0.137 e. The van der Waals surface area contributed by atoms with E-state index < -0.39 is 0 Å². The fourth-order valence-electron chi connectivity index (χ4n) is 2.18. The van der Waals surface area contributed by atoms with Crippen LogP contribution < -0.4 is 10.1 Å². The van der Waals surface area contributed by atoms with Gasteiger partial charge in [-0.2, -0.15) is 0 Å². The minimum atomic E-state index is -0.307. The highest BCUT2D eigenvalue weighted by Gasteiger charge is 2.08. The molecule has 0 spiro atoms. The number of hydrogen-bond acceptors (Lipinski definition) is 4. The Labute approximate surface area is 128 Å². The van der Waals surface area contributed by atoms with Crippen LogP contribution in [0.15, 0.2) is 54.9 Å². The van der Waals surface area contributed by atoms with Gasteiger partial charge in [0.1, 0.15) is 29.8 Å². The minimum absolute atomic E-state index is 0.0547. The number of fused-ring (bicyclic) bond motifs is 1. The second kappa shape index (κ2) is 6.39. The first-order valence-electron chi connectivity index (χ1n) is 7.08. The van der Waals surface area contributed by atoms with Gasteiger partial charge in [0.2, 0.25) is 0 Å². The van der Waals surface area contributed by atoms with Crippen LogP contribution in [0.3, 0.4) is 0 Å². The van der Waals surface area contributed by atoms with E-state index in [1.807, 2.05) is 37.3 Å². The molecule has 4 nitrogen and oxygen atoms in total. The fraction of sp³-hybridized carbons (Fsp3) is 0.176. The van der Waals surface area contributed by atoms with E-state index in [1.165, 1.54) is 18.5 Å². The van der Waals surface area contributed by atoms with Crippen molar-refractivity contribution in [1.82, 2.24) is 9.97 Å². The average molecular weight is 297 g/mol. The summed E-state index contributed by atoms with van der Waals surface area (Å²) >= 11 is 0.